The van der Waals surface area contributed by atoms with E-state index in [1.165, 1.54) is 5.57 Å². The van der Waals surface area contributed by atoms with Crippen LogP contribution in [0.15, 0.2) is 11.6 Å². The second-order valence-corrected chi connectivity index (χ2v) is 5.70. The third-order valence-electron chi connectivity index (χ3n) is 4.26. The van der Waals surface area contributed by atoms with Crippen LogP contribution >= 0.6 is 0 Å². The Morgan fingerprint density at radius 3 is 2.67 bits per heavy atom. The fraction of sp³-hybridized carbons (Fsp3) is 0.857. The molecule has 0 saturated carbocycles. The summed E-state index contributed by atoms with van der Waals surface area (Å²) in [7, 11) is 0. The van der Waals surface area contributed by atoms with Gasteiger partial charge in [-0.15, -0.1) is 0 Å². The average Bonchev–Trinajstić information content (AvgIpc) is 2.12. The minimum absolute atomic E-state index is 0.136. The summed E-state index contributed by atoms with van der Waals surface area (Å²) in [5, 5.41) is 10.3. The van der Waals surface area contributed by atoms with Gasteiger partial charge in [-0.25, -0.2) is 0 Å². The molecular weight excluding hydrogens is 184 g/mol. The van der Waals surface area contributed by atoms with Crippen LogP contribution < -0.4 is 0 Å². The van der Waals surface area contributed by atoms with Crippen molar-refractivity contribution in [3.05, 3.63) is 11.6 Å². The zero-order valence-electron chi connectivity index (χ0n) is 10.9. The molecular formula is C14H26O. The van der Waals surface area contributed by atoms with Crippen LogP contribution in [0.25, 0.3) is 0 Å². The summed E-state index contributed by atoms with van der Waals surface area (Å²) >= 11 is 0. The highest BCUT2D eigenvalue weighted by Crippen LogP contribution is 2.46. The molecule has 1 aliphatic carbocycles. The SMILES string of the molecule is CCCC(O)C1C(C)CC=C(C)C1(C)C. The quantitative estimate of drug-likeness (QED) is 0.703. The van der Waals surface area contributed by atoms with Gasteiger partial charge in [-0.3, -0.25) is 0 Å². The zero-order chi connectivity index (χ0) is 11.6. The number of hydrogen-bond donors (Lipinski definition) is 1. The lowest BCUT2D eigenvalue weighted by Crippen LogP contribution is -2.41. The Bertz CT molecular complexity index is 240. The summed E-state index contributed by atoms with van der Waals surface area (Å²) in [4.78, 5) is 0. The molecule has 1 heteroatoms. The molecule has 0 bridgehead atoms. The zero-order valence-corrected chi connectivity index (χ0v) is 10.9. The molecule has 0 heterocycles. The summed E-state index contributed by atoms with van der Waals surface area (Å²) in [6.07, 6.45) is 5.35. The van der Waals surface area contributed by atoms with E-state index in [1.54, 1.807) is 0 Å². The first-order chi connectivity index (χ1) is 6.91. The number of rotatable bonds is 3. The predicted molar refractivity (Wildman–Crippen MR) is 65.7 cm³/mol. The van der Waals surface area contributed by atoms with Crippen molar-refractivity contribution >= 4 is 0 Å². The Morgan fingerprint density at radius 2 is 2.13 bits per heavy atom. The predicted octanol–water partition coefficient (Wildman–Crippen LogP) is 3.78. The molecule has 0 saturated heterocycles. The Hall–Kier alpha value is -0.300. The molecule has 15 heavy (non-hydrogen) atoms. The molecule has 1 rings (SSSR count). The monoisotopic (exact) mass is 210 g/mol. The second kappa shape index (κ2) is 4.69. The van der Waals surface area contributed by atoms with E-state index in [0.717, 1.165) is 19.3 Å². The number of allylic oxidation sites excluding steroid dienone is 2. The number of aliphatic hydroxyl groups excluding tert-OH is 1. The van der Waals surface area contributed by atoms with Crippen LogP contribution in [0.2, 0.25) is 0 Å². The Balaban J connectivity index is 2.89. The van der Waals surface area contributed by atoms with Gasteiger partial charge in [-0.2, -0.15) is 0 Å². The summed E-state index contributed by atoms with van der Waals surface area (Å²) < 4.78 is 0. The van der Waals surface area contributed by atoms with Crippen molar-refractivity contribution in [3.8, 4) is 0 Å². The molecule has 3 unspecified atom stereocenters. The lowest BCUT2D eigenvalue weighted by molar-refractivity contribution is 0.00539. The van der Waals surface area contributed by atoms with Crippen molar-refractivity contribution in [1.82, 2.24) is 0 Å². The van der Waals surface area contributed by atoms with Gasteiger partial charge in [-0.1, -0.05) is 45.8 Å². The van der Waals surface area contributed by atoms with Crippen LogP contribution in [-0.4, -0.2) is 11.2 Å². The molecule has 1 N–H and O–H groups in total. The molecule has 0 fully saturated rings. The van der Waals surface area contributed by atoms with Gasteiger partial charge in [0.15, 0.2) is 0 Å². The van der Waals surface area contributed by atoms with Gasteiger partial charge in [0, 0.05) is 0 Å². The molecule has 0 amide bonds. The van der Waals surface area contributed by atoms with Crippen molar-refractivity contribution in [2.24, 2.45) is 17.3 Å². The maximum Gasteiger partial charge on any atom is 0.0579 e. The van der Waals surface area contributed by atoms with E-state index >= 15 is 0 Å². The molecule has 0 radical (unpaired) electrons. The normalized spacial score (nSPS) is 32.3. The lowest BCUT2D eigenvalue weighted by atomic mass is 9.61. The van der Waals surface area contributed by atoms with E-state index in [0.29, 0.717) is 11.8 Å². The first-order valence-corrected chi connectivity index (χ1v) is 6.26. The van der Waals surface area contributed by atoms with E-state index < -0.39 is 0 Å². The molecule has 0 aromatic heterocycles. The maximum absolute atomic E-state index is 10.3. The van der Waals surface area contributed by atoms with Crippen molar-refractivity contribution in [2.45, 2.75) is 60.0 Å². The fourth-order valence-electron chi connectivity index (χ4n) is 3.08. The van der Waals surface area contributed by atoms with E-state index in [-0.39, 0.29) is 11.5 Å². The summed E-state index contributed by atoms with van der Waals surface area (Å²) in [5.41, 5.74) is 1.60. The lowest BCUT2D eigenvalue weighted by Gasteiger charge is -2.45. The molecule has 3 atom stereocenters. The highest BCUT2D eigenvalue weighted by Gasteiger charge is 2.41. The molecule has 1 aliphatic rings. The van der Waals surface area contributed by atoms with Gasteiger partial charge >= 0.3 is 0 Å². The van der Waals surface area contributed by atoms with Crippen LogP contribution in [0.3, 0.4) is 0 Å². The van der Waals surface area contributed by atoms with Gasteiger partial charge < -0.3 is 5.11 Å². The topological polar surface area (TPSA) is 20.2 Å². The van der Waals surface area contributed by atoms with Gasteiger partial charge in [0.1, 0.15) is 0 Å². The van der Waals surface area contributed by atoms with Crippen LogP contribution in [0, 0.1) is 17.3 Å². The van der Waals surface area contributed by atoms with Crippen molar-refractivity contribution < 1.29 is 5.11 Å². The van der Waals surface area contributed by atoms with E-state index in [1.807, 2.05) is 0 Å². The van der Waals surface area contributed by atoms with Crippen LogP contribution in [0.4, 0.5) is 0 Å². The first-order valence-electron chi connectivity index (χ1n) is 6.26. The van der Waals surface area contributed by atoms with E-state index in [9.17, 15) is 5.11 Å². The standard InChI is InChI=1S/C14H26O/c1-6-7-12(15)13-10(2)8-9-11(3)14(13,4)5/h9-10,12-13,15H,6-8H2,1-5H3. The number of hydrogen-bond acceptors (Lipinski definition) is 1. The van der Waals surface area contributed by atoms with Gasteiger partial charge in [0.25, 0.3) is 0 Å². The molecule has 0 aliphatic heterocycles. The van der Waals surface area contributed by atoms with Crippen LogP contribution in [-0.2, 0) is 0 Å². The first kappa shape index (κ1) is 12.8. The van der Waals surface area contributed by atoms with Gasteiger partial charge in [0.05, 0.1) is 6.10 Å². The highest BCUT2D eigenvalue weighted by molar-refractivity contribution is 5.17. The fourth-order valence-corrected chi connectivity index (χ4v) is 3.08. The van der Waals surface area contributed by atoms with Crippen molar-refractivity contribution in [2.75, 3.05) is 0 Å². The molecule has 88 valence electrons. The summed E-state index contributed by atoms with van der Waals surface area (Å²) in [5.74, 6) is 1.02. The molecule has 1 nitrogen and oxygen atoms in total. The molecule has 0 spiro atoms. The van der Waals surface area contributed by atoms with Crippen LogP contribution in [0.5, 0.6) is 0 Å². The Morgan fingerprint density at radius 1 is 1.53 bits per heavy atom. The molecule has 0 aromatic rings. The number of aliphatic hydroxyl groups is 1. The second-order valence-electron chi connectivity index (χ2n) is 5.70. The largest absolute Gasteiger partial charge is 0.393 e. The van der Waals surface area contributed by atoms with Crippen molar-refractivity contribution in [1.29, 1.82) is 0 Å². The minimum Gasteiger partial charge on any atom is -0.393 e. The van der Waals surface area contributed by atoms with E-state index in [2.05, 4.69) is 40.7 Å². The van der Waals surface area contributed by atoms with E-state index in [4.69, 9.17) is 0 Å². The van der Waals surface area contributed by atoms with Crippen molar-refractivity contribution in [3.63, 3.8) is 0 Å². The minimum atomic E-state index is -0.136. The van der Waals surface area contributed by atoms with Crippen LogP contribution in [0.1, 0.15) is 53.9 Å². The average molecular weight is 210 g/mol. The van der Waals surface area contributed by atoms with Gasteiger partial charge in [-0.05, 0) is 37.0 Å². The Kier molecular flexibility index (Phi) is 3.99. The molecule has 0 aromatic carbocycles. The third kappa shape index (κ3) is 2.44. The third-order valence-corrected chi connectivity index (χ3v) is 4.26. The van der Waals surface area contributed by atoms with Gasteiger partial charge in [0.2, 0.25) is 0 Å². The summed E-state index contributed by atoms with van der Waals surface area (Å²) in [6, 6.07) is 0. The highest BCUT2D eigenvalue weighted by atomic mass is 16.3. The summed E-state index contributed by atoms with van der Waals surface area (Å²) in [6.45, 7) is 11.2. The Labute approximate surface area is 94.6 Å². The smallest absolute Gasteiger partial charge is 0.0579 e. The maximum atomic E-state index is 10.3.